The zero-order chi connectivity index (χ0) is 11.6. The lowest BCUT2D eigenvalue weighted by atomic mass is 9.84. The van der Waals surface area contributed by atoms with Gasteiger partial charge in [-0.25, -0.2) is 0 Å². The van der Waals surface area contributed by atoms with E-state index in [1.807, 2.05) is 6.08 Å². The fourth-order valence-electron chi connectivity index (χ4n) is 2.57. The molecule has 0 aromatic carbocycles. The Kier molecular flexibility index (Phi) is 7.20. The van der Waals surface area contributed by atoms with Gasteiger partial charge in [-0.05, 0) is 32.1 Å². The number of rotatable bonds is 8. The molecule has 1 rings (SSSR count). The van der Waals surface area contributed by atoms with Crippen molar-refractivity contribution in [3.63, 3.8) is 0 Å². The average Bonchev–Trinajstić information content (AvgIpc) is 2.34. The Bertz CT molecular complexity index is 201. The second-order valence-electron chi connectivity index (χ2n) is 5.04. The summed E-state index contributed by atoms with van der Waals surface area (Å²) in [5, 5.41) is 0. The van der Waals surface area contributed by atoms with E-state index in [9.17, 15) is 4.79 Å². The van der Waals surface area contributed by atoms with Gasteiger partial charge in [-0.15, -0.1) is 6.58 Å². The predicted octanol–water partition coefficient (Wildman–Crippen LogP) is 4.66. The van der Waals surface area contributed by atoms with Gasteiger partial charge in [0.1, 0.15) is 5.78 Å². The van der Waals surface area contributed by atoms with Crippen molar-refractivity contribution in [1.82, 2.24) is 0 Å². The first kappa shape index (κ1) is 13.5. The molecule has 16 heavy (non-hydrogen) atoms. The van der Waals surface area contributed by atoms with Crippen LogP contribution in [-0.2, 0) is 4.79 Å². The lowest BCUT2D eigenvalue weighted by Gasteiger charge is -2.20. The van der Waals surface area contributed by atoms with Gasteiger partial charge in [-0.2, -0.15) is 0 Å². The van der Waals surface area contributed by atoms with Gasteiger partial charge in [0.05, 0.1) is 0 Å². The number of hydrogen-bond acceptors (Lipinski definition) is 1. The van der Waals surface area contributed by atoms with Crippen LogP contribution in [0.4, 0.5) is 0 Å². The van der Waals surface area contributed by atoms with Crippen LogP contribution in [-0.4, -0.2) is 5.78 Å². The fraction of sp³-hybridized carbons (Fsp3) is 0.800. The number of ketones is 1. The van der Waals surface area contributed by atoms with Crippen molar-refractivity contribution in [2.24, 2.45) is 5.92 Å². The van der Waals surface area contributed by atoms with Gasteiger partial charge in [0.25, 0.3) is 0 Å². The second-order valence-corrected chi connectivity index (χ2v) is 5.04. The fourth-order valence-corrected chi connectivity index (χ4v) is 2.57. The predicted molar refractivity (Wildman–Crippen MR) is 69.5 cm³/mol. The molecule has 0 N–H and O–H groups in total. The van der Waals surface area contributed by atoms with Gasteiger partial charge >= 0.3 is 0 Å². The summed E-state index contributed by atoms with van der Waals surface area (Å²) in [4.78, 5) is 11.9. The largest absolute Gasteiger partial charge is 0.299 e. The molecule has 1 heteroatoms. The Hall–Kier alpha value is -0.590. The maximum atomic E-state index is 11.9. The first-order chi connectivity index (χ1) is 7.84. The molecule has 0 spiro atoms. The standard InChI is InChI=1S/C15H26O/c1-2-3-4-5-6-10-13-15(16)14-11-8-7-9-12-14/h2,14H,1,3-13H2. The highest BCUT2D eigenvalue weighted by Crippen LogP contribution is 2.25. The van der Waals surface area contributed by atoms with E-state index in [0.717, 1.165) is 32.1 Å². The molecule has 0 aromatic heterocycles. The lowest BCUT2D eigenvalue weighted by Crippen LogP contribution is -2.17. The van der Waals surface area contributed by atoms with Gasteiger partial charge in [0.2, 0.25) is 0 Å². The summed E-state index contributed by atoms with van der Waals surface area (Å²) in [6, 6.07) is 0. The van der Waals surface area contributed by atoms with Crippen LogP contribution in [0.1, 0.15) is 70.6 Å². The molecule has 0 saturated heterocycles. The van der Waals surface area contributed by atoms with Crippen LogP contribution in [0.2, 0.25) is 0 Å². The first-order valence-corrected chi connectivity index (χ1v) is 6.98. The van der Waals surface area contributed by atoms with Gasteiger partial charge in [0.15, 0.2) is 0 Å². The van der Waals surface area contributed by atoms with Gasteiger partial charge in [0, 0.05) is 12.3 Å². The molecule has 0 unspecified atom stereocenters. The molecule has 0 aromatic rings. The van der Waals surface area contributed by atoms with E-state index in [1.54, 1.807) is 0 Å². The zero-order valence-corrected chi connectivity index (χ0v) is 10.5. The molecule has 1 aliphatic carbocycles. The highest BCUT2D eigenvalue weighted by molar-refractivity contribution is 5.80. The number of Topliss-reactive ketones (excluding diaryl/α,β-unsaturated/α-hetero) is 1. The van der Waals surface area contributed by atoms with Crippen LogP contribution in [0.5, 0.6) is 0 Å². The molecular weight excluding hydrogens is 196 g/mol. The highest BCUT2D eigenvalue weighted by atomic mass is 16.1. The van der Waals surface area contributed by atoms with Gasteiger partial charge in [-0.1, -0.05) is 38.2 Å². The van der Waals surface area contributed by atoms with Crippen molar-refractivity contribution in [2.75, 3.05) is 0 Å². The third-order valence-electron chi connectivity index (χ3n) is 3.64. The monoisotopic (exact) mass is 222 g/mol. The highest BCUT2D eigenvalue weighted by Gasteiger charge is 2.19. The number of carbonyl (C=O) groups is 1. The molecule has 1 aliphatic rings. The summed E-state index contributed by atoms with van der Waals surface area (Å²) in [6.45, 7) is 3.71. The minimum absolute atomic E-state index is 0.418. The normalized spacial score (nSPS) is 17.2. The van der Waals surface area contributed by atoms with Gasteiger partial charge < -0.3 is 0 Å². The van der Waals surface area contributed by atoms with Crippen LogP contribution in [0.15, 0.2) is 12.7 Å². The third kappa shape index (κ3) is 5.48. The number of hydrogen-bond donors (Lipinski definition) is 0. The number of carbonyl (C=O) groups excluding carboxylic acids is 1. The molecular formula is C15H26O. The topological polar surface area (TPSA) is 17.1 Å². The molecule has 0 aliphatic heterocycles. The van der Waals surface area contributed by atoms with Crippen molar-refractivity contribution in [3.8, 4) is 0 Å². The van der Waals surface area contributed by atoms with Crippen LogP contribution in [0.3, 0.4) is 0 Å². The Balaban J connectivity index is 1.99. The SMILES string of the molecule is C=CCCCCCCC(=O)C1CCCCC1. The Labute approximate surface area is 100 Å². The van der Waals surface area contributed by atoms with Crippen molar-refractivity contribution < 1.29 is 4.79 Å². The second kappa shape index (κ2) is 8.55. The molecule has 0 radical (unpaired) electrons. The van der Waals surface area contributed by atoms with Gasteiger partial charge in [-0.3, -0.25) is 4.79 Å². The quantitative estimate of drug-likeness (QED) is 0.431. The molecule has 1 saturated carbocycles. The minimum atomic E-state index is 0.418. The molecule has 0 atom stereocenters. The van der Waals surface area contributed by atoms with Crippen molar-refractivity contribution in [2.45, 2.75) is 70.6 Å². The molecule has 92 valence electrons. The van der Waals surface area contributed by atoms with E-state index in [1.165, 1.54) is 38.5 Å². The summed E-state index contributed by atoms with van der Waals surface area (Å²) in [6.07, 6.45) is 15.0. The zero-order valence-electron chi connectivity index (χ0n) is 10.5. The number of allylic oxidation sites excluding steroid dienone is 1. The summed E-state index contributed by atoms with van der Waals surface area (Å²) in [5.74, 6) is 0.963. The summed E-state index contributed by atoms with van der Waals surface area (Å²) >= 11 is 0. The van der Waals surface area contributed by atoms with E-state index < -0.39 is 0 Å². The average molecular weight is 222 g/mol. The van der Waals surface area contributed by atoms with Crippen LogP contribution < -0.4 is 0 Å². The van der Waals surface area contributed by atoms with Crippen molar-refractivity contribution in [3.05, 3.63) is 12.7 Å². The summed E-state index contributed by atoms with van der Waals surface area (Å²) in [7, 11) is 0. The van der Waals surface area contributed by atoms with E-state index >= 15 is 0 Å². The van der Waals surface area contributed by atoms with E-state index in [0.29, 0.717) is 11.7 Å². The molecule has 1 fully saturated rings. The van der Waals surface area contributed by atoms with Crippen LogP contribution in [0, 0.1) is 5.92 Å². The molecule has 0 bridgehead atoms. The van der Waals surface area contributed by atoms with Crippen molar-refractivity contribution in [1.29, 1.82) is 0 Å². The minimum Gasteiger partial charge on any atom is -0.299 e. The molecule has 0 amide bonds. The van der Waals surface area contributed by atoms with E-state index in [-0.39, 0.29) is 0 Å². The summed E-state index contributed by atoms with van der Waals surface area (Å²) < 4.78 is 0. The maximum absolute atomic E-state index is 11.9. The smallest absolute Gasteiger partial charge is 0.135 e. The van der Waals surface area contributed by atoms with Crippen molar-refractivity contribution >= 4 is 5.78 Å². The molecule has 0 heterocycles. The maximum Gasteiger partial charge on any atom is 0.135 e. The number of unbranched alkanes of at least 4 members (excludes halogenated alkanes) is 4. The van der Waals surface area contributed by atoms with E-state index in [2.05, 4.69) is 6.58 Å². The third-order valence-corrected chi connectivity index (χ3v) is 3.64. The first-order valence-electron chi connectivity index (χ1n) is 6.98. The van der Waals surface area contributed by atoms with Crippen LogP contribution in [0.25, 0.3) is 0 Å². The lowest BCUT2D eigenvalue weighted by molar-refractivity contribution is -0.123. The van der Waals surface area contributed by atoms with E-state index in [4.69, 9.17) is 0 Å². The molecule has 1 nitrogen and oxygen atoms in total. The Morgan fingerprint density at radius 3 is 2.44 bits per heavy atom. The Morgan fingerprint density at radius 1 is 1.06 bits per heavy atom. The van der Waals surface area contributed by atoms with Crippen LogP contribution >= 0.6 is 0 Å². The Morgan fingerprint density at radius 2 is 1.75 bits per heavy atom. The summed E-state index contributed by atoms with van der Waals surface area (Å²) in [5.41, 5.74) is 0.